The van der Waals surface area contributed by atoms with E-state index in [0.717, 1.165) is 65.9 Å². The number of likely N-dealkylation sites (N-methyl/N-ethyl adjacent to an activating group) is 1. The fraction of sp³-hybridized carbons (Fsp3) is 0.500. The third-order valence-electron chi connectivity index (χ3n) is 8.34. The van der Waals surface area contributed by atoms with Crippen LogP contribution < -0.4 is 16.4 Å². The highest BCUT2D eigenvalue weighted by Gasteiger charge is 2.30. The first-order valence-electron chi connectivity index (χ1n) is 13.8. The van der Waals surface area contributed by atoms with Gasteiger partial charge in [0, 0.05) is 62.1 Å². The molecule has 1 saturated carbocycles. The van der Waals surface area contributed by atoms with Crippen molar-refractivity contribution in [3.05, 3.63) is 42.2 Å². The summed E-state index contributed by atoms with van der Waals surface area (Å²) in [6.45, 7) is 5.86. The van der Waals surface area contributed by atoms with Crippen molar-refractivity contribution >= 4 is 28.4 Å². The zero-order chi connectivity index (χ0) is 26.1. The first-order valence-corrected chi connectivity index (χ1v) is 13.8. The predicted molar refractivity (Wildman–Crippen MR) is 150 cm³/mol. The fourth-order valence-electron chi connectivity index (χ4n) is 6.04. The molecular weight excluding hydrogens is 478 g/mol. The number of aromatic nitrogens is 4. The van der Waals surface area contributed by atoms with Crippen LogP contribution in [-0.2, 0) is 4.79 Å². The average molecular weight is 516 g/mol. The largest absolute Gasteiger partial charge is 0.383 e. The van der Waals surface area contributed by atoms with Crippen molar-refractivity contribution in [3.63, 3.8) is 0 Å². The van der Waals surface area contributed by atoms with Crippen LogP contribution in [-0.4, -0.2) is 87.8 Å². The monoisotopic (exact) mass is 515 g/mol. The van der Waals surface area contributed by atoms with Crippen LogP contribution in [0.5, 0.6) is 0 Å². The fourth-order valence-corrected chi connectivity index (χ4v) is 6.04. The zero-order valence-electron chi connectivity index (χ0n) is 22.1. The Kier molecular flexibility index (Phi) is 6.99. The topological polar surface area (TPSA) is 117 Å². The maximum atomic E-state index is 12.0. The Labute approximate surface area is 223 Å². The number of carbonyl (C=O) groups is 1. The minimum absolute atomic E-state index is 0.00502. The van der Waals surface area contributed by atoms with Gasteiger partial charge < -0.3 is 21.3 Å². The molecule has 4 heterocycles. The molecule has 2 aliphatic heterocycles. The van der Waals surface area contributed by atoms with Gasteiger partial charge in [-0.05, 0) is 51.3 Å². The minimum atomic E-state index is 0.00502. The van der Waals surface area contributed by atoms with Crippen molar-refractivity contribution in [2.24, 2.45) is 0 Å². The normalized spacial score (nSPS) is 23.3. The van der Waals surface area contributed by atoms with Gasteiger partial charge in [0.1, 0.15) is 17.8 Å². The molecule has 38 heavy (non-hydrogen) atoms. The zero-order valence-corrected chi connectivity index (χ0v) is 22.1. The molecule has 3 aliphatic rings. The second-order valence-electron chi connectivity index (χ2n) is 10.8. The summed E-state index contributed by atoms with van der Waals surface area (Å²) in [5, 5.41) is 12.1. The molecule has 1 saturated heterocycles. The quantitative estimate of drug-likeness (QED) is 0.459. The molecule has 0 spiro atoms. The Hall–Kier alpha value is -3.50. The summed E-state index contributed by atoms with van der Waals surface area (Å²) in [6, 6.07) is 9.09. The molecule has 0 radical (unpaired) electrons. The molecule has 10 nitrogen and oxygen atoms in total. The van der Waals surface area contributed by atoms with Crippen LogP contribution in [0.4, 0.5) is 11.5 Å². The van der Waals surface area contributed by atoms with Crippen LogP contribution in [0.25, 0.3) is 22.3 Å². The summed E-state index contributed by atoms with van der Waals surface area (Å²) in [5.41, 5.74) is 10.7. The van der Waals surface area contributed by atoms with Crippen molar-refractivity contribution in [3.8, 4) is 11.3 Å². The molecule has 10 heteroatoms. The van der Waals surface area contributed by atoms with Gasteiger partial charge in [0.15, 0.2) is 5.65 Å². The van der Waals surface area contributed by atoms with Gasteiger partial charge in [0.05, 0.1) is 11.4 Å². The van der Waals surface area contributed by atoms with E-state index in [1.807, 2.05) is 30.3 Å². The van der Waals surface area contributed by atoms with E-state index >= 15 is 0 Å². The average Bonchev–Trinajstić information content (AvgIpc) is 3.34. The molecular formula is C28H37N9O. The Morgan fingerprint density at radius 2 is 1.76 bits per heavy atom. The van der Waals surface area contributed by atoms with Gasteiger partial charge in [0.25, 0.3) is 0 Å². The Morgan fingerprint density at radius 3 is 2.50 bits per heavy atom. The van der Waals surface area contributed by atoms with Crippen LogP contribution >= 0.6 is 0 Å². The van der Waals surface area contributed by atoms with Crippen molar-refractivity contribution in [1.29, 1.82) is 0 Å². The minimum Gasteiger partial charge on any atom is -0.383 e. The summed E-state index contributed by atoms with van der Waals surface area (Å²) in [5.74, 6) is 0.463. The summed E-state index contributed by atoms with van der Waals surface area (Å²) in [7, 11) is 2.21. The Balaban J connectivity index is 1.19. The van der Waals surface area contributed by atoms with E-state index < -0.39 is 0 Å². The SMILES string of the molecule is CN1CCN(C2CCC(n3nc(-c4ccc(NCC5=CCCNC5=O)cc4)c4c(N)ncnc43)CC2)CC1. The van der Waals surface area contributed by atoms with Crippen LogP contribution in [0, 0.1) is 0 Å². The molecule has 2 fully saturated rings. The van der Waals surface area contributed by atoms with Crippen LogP contribution in [0.1, 0.15) is 38.1 Å². The van der Waals surface area contributed by atoms with Crippen LogP contribution in [0.3, 0.4) is 0 Å². The maximum absolute atomic E-state index is 12.0. The molecule has 1 aromatic carbocycles. The van der Waals surface area contributed by atoms with E-state index in [2.05, 4.69) is 42.1 Å². The maximum Gasteiger partial charge on any atom is 0.248 e. The van der Waals surface area contributed by atoms with Crippen LogP contribution in [0.15, 0.2) is 42.2 Å². The Morgan fingerprint density at radius 1 is 1.03 bits per heavy atom. The molecule has 0 unspecified atom stereocenters. The lowest BCUT2D eigenvalue weighted by Gasteiger charge is -2.41. The highest BCUT2D eigenvalue weighted by atomic mass is 16.1. The van der Waals surface area contributed by atoms with E-state index in [1.54, 1.807) is 6.33 Å². The molecule has 0 atom stereocenters. The van der Waals surface area contributed by atoms with Gasteiger partial charge in [-0.3, -0.25) is 9.69 Å². The van der Waals surface area contributed by atoms with Crippen molar-refractivity contribution in [2.75, 3.05) is 57.4 Å². The molecule has 0 bridgehead atoms. The van der Waals surface area contributed by atoms with Crippen LogP contribution in [0.2, 0.25) is 0 Å². The number of nitrogens with one attached hydrogen (secondary N) is 2. The number of rotatable bonds is 6. The molecule has 1 amide bonds. The first kappa shape index (κ1) is 24.8. The lowest BCUT2D eigenvalue weighted by molar-refractivity contribution is -0.117. The Bertz CT molecular complexity index is 1320. The van der Waals surface area contributed by atoms with E-state index in [0.29, 0.717) is 31.0 Å². The number of hydrogen-bond donors (Lipinski definition) is 3. The smallest absolute Gasteiger partial charge is 0.248 e. The highest BCUT2D eigenvalue weighted by Crippen LogP contribution is 2.37. The summed E-state index contributed by atoms with van der Waals surface area (Å²) in [4.78, 5) is 26.0. The summed E-state index contributed by atoms with van der Waals surface area (Å²) >= 11 is 0. The van der Waals surface area contributed by atoms with E-state index in [9.17, 15) is 4.79 Å². The number of benzene rings is 1. The number of nitrogens with zero attached hydrogens (tertiary/aromatic N) is 6. The summed E-state index contributed by atoms with van der Waals surface area (Å²) < 4.78 is 2.10. The number of fused-ring (bicyclic) bond motifs is 1. The molecule has 2 aromatic heterocycles. The molecule has 6 rings (SSSR count). The number of nitrogen functional groups attached to an aromatic ring is 1. The highest BCUT2D eigenvalue weighted by molar-refractivity contribution is 5.98. The molecule has 4 N–H and O–H groups in total. The lowest BCUT2D eigenvalue weighted by Crippen LogP contribution is -2.49. The van der Waals surface area contributed by atoms with Gasteiger partial charge in [0.2, 0.25) is 5.91 Å². The van der Waals surface area contributed by atoms with E-state index in [1.165, 1.54) is 25.9 Å². The van der Waals surface area contributed by atoms with Crippen molar-refractivity contribution < 1.29 is 4.79 Å². The van der Waals surface area contributed by atoms with Crippen molar-refractivity contribution in [1.82, 2.24) is 34.9 Å². The van der Waals surface area contributed by atoms with Gasteiger partial charge in [-0.1, -0.05) is 18.2 Å². The standard InChI is InChI=1S/C28H37N9O/c1-35-13-15-36(16-14-35)22-8-10-23(11-9-22)37-27-24(26(29)32-18-33-27)25(34-37)19-4-6-21(7-5-19)31-17-20-3-2-12-30-28(20)38/h3-7,18,22-23,31H,2,8-17H2,1H3,(H,30,38)(H2,29,32,33). The second kappa shape index (κ2) is 10.7. The van der Waals surface area contributed by atoms with Gasteiger partial charge in [-0.2, -0.15) is 5.10 Å². The third kappa shape index (κ3) is 4.98. The number of anilines is 2. The van der Waals surface area contributed by atoms with Crippen molar-refractivity contribution in [2.45, 2.75) is 44.2 Å². The number of amides is 1. The number of piperazine rings is 1. The van der Waals surface area contributed by atoms with E-state index in [4.69, 9.17) is 10.8 Å². The predicted octanol–water partition coefficient (Wildman–Crippen LogP) is 2.66. The number of hydrogen-bond acceptors (Lipinski definition) is 8. The molecule has 3 aromatic rings. The van der Waals surface area contributed by atoms with E-state index in [-0.39, 0.29) is 5.91 Å². The third-order valence-corrected chi connectivity index (χ3v) is 8.34. The number of nitrogens with two attached hydrogens (primary N) is 1. The van der Waals surface area contributed by atoms with Gasteiger partial charge in [-0.15, -0.1) is 0 Å². The number of carbonyl (C=O) groups excluding carboxylic acids is 1. The summed E-state index contributed by atoms with van der Waals surface area (Å²) in [6.07, 6.45) is 8.95. The first-order chi connectivity index (χ1) is 18.6. The molecule has 1 aliphatic carbocycles. The second-order valence-corrected chi connectivity index (χ2v) is 10.8. The van der Waals surface area contributed by atoms with Gasteiger partial charge >= 0.3 is 0 Å². The molecule has 200 valence electrons. The van der Waals surface area contributed by atoms with Gasteiger partial charge in [-0.25, -0.2) is 14.6 Å². The lowest BCUT2D eigenvalue weighted by atomic mass is 9.90.